The van der Waals surface area contributed by atoms with Crippen molar-refractivity contribution < 1.29 is 13.6 Å². The number of carbonyl (C=O) groups is 1. The van der Waals surface area contributed by atoms with Gasteiger partial charge in [0.1, 0.15) is 5.82 Å². The fourth-order valence-electron chi connectivity index (χ4n) is 2.01. The minimum atomic E-state index is -0.949. The highest BCUT2D eigenvalue weighted by Gasteiger charge is 2.15. The molecular weight excluding hydrogens is 240 g/mol. The highest BCUT2D eigenvalue weighted by atomic mass is 19.1. The summed E-state index contributed by atoms with van der Waals surface area (Å²) in [6, 6.07) is 0.855. The molecule has 0 atom stereocenters. The summed E-state index contributed by atoms with van der Waals surface area (Å²) in [7, 11) is 0. The first-order valence-corrected chi connectivity index (χ1v) is 5.98. The lowest BCUT2D eigenvalue weighted by Gasteiger charge is -2.14. The molecule has 1 N–H and O–H groups in total. The van der Waals surface area contributed by atoms with Crippen LogP contribution >= 0.6 is 0 Å². The molecule has 6 heteroatoms. The first-order valence-electron chi connectivity index (χ1n) is 5.98. The number of halogens is 2. The summed E-state index contributed by atoms with van der Waals surface area (Å²) >= 11 is 0. The second-order valence-corrected chi connectivity index (χ2v) is 4.30. The fourth-order valence-corrected chi connectivity index (χ4v) is 2.01. The van der Waals surface area contributed by atoms with E-state index in [1.165, 1.54) is 12.8 Å². The Balaban J connectivity index is 1.85. The maximum absolute atomic E-state index is 13.2. The van der Waals surface area contributed by atoms with Crippen molar-refractivity contribution in [1.82, 2.24) is 15.2 Å². The molecule has 0 unspecified atom stereocenters. The van der Waals surface area contributed by atoms with Crippen molar-refractivity contribution in [2.45, 2.75) is 12.8 Å². The van der Waals surface area contributed by atoms with Crippen LogP contribution in [0.1, 0.15) is 23.2 Å². The standard InChI is InChI=1S/C12H15F2N3O/c13-9-7-10(11(14)16-8-9)12(18)15-3-6-17-4-1-2-5-17/h7-8H,1-6H2,(H,15,18). The summed E-state index contributed by atoms with van der Waals surface area (Å²) in [5.41, 5.74) is -0.351. The first-order chi connectivity index (χ1) is 8.66. The molecule has 1 amide bonds. The third-order valence-electron chi connectivity index (χ3n) is 2.96. The molecule has 1 saturated heterocycles. The monoisotopic (exact) mass is 255 g/mol. The van der Waals surface area contributed by atoms with Crippen LogP contribution in [0.3, 0.4) is 0 Å². The van der Waals surface area contributed by atoms with Gasteiger partial charge in [-0.2, -0.15) is 4.39 Å². The smallest absolute Gasteiger partial charge is 0.256 e. The molecule has 0 radical (unpaired) electrons. The van der Waals surface area contributed by atoms with Gasteiger partial charge in [-0.15, -0.1) is 0 Å². The topological polar surface area (TPSA) is 45.2 Å². The van der Waals surface area contributed by atoms with Crippen molar-refractivity contribution in [2.24, 2.45) is 0 Å². The zero-order chi connectivity index (χ0) is 13.0. The molecule has 0 spiro atoms. The van der Waals surface area contributed by atoms with Gasteiger partial charge < -0.3 is 10.2 Å². The lowest BCUT2D eigenvalue weighted by Crippen LogP contribution is -2.34. The molecule has 1 aliphatic heterocycles. The molecule has 18 heavy (non-hydrogen) atoms. The number of pyridine rings is 1. The molecule has 0 aromatic carbocycles. The van der Waals surface area contributed by atoms with Crippen LogP contribution in [0.5, 0.6) is 0 Å². The number of nitrogens with zero attached hydrogens (tertiary/aromatic N) is 2. The zero-order valence-corrected chi connectivity index (χ0v) is 9.96. The number of rotatable bonds is 4. The van der Waals surface area contributed by atoms with E-state index < -0.39 is 17.7 Å². The van der Waals surface area contributed by atoms with E-state index in [9.17, 15) is 13.6 Å². The normalized spacial score (nSPS) is 15.9. The third kappa shape index (κ3) is 3.22. The van der Waals surface area contributed by atoms with Crippen LogP contribution in [0.4, 0.5) is 8.78 Å². The van der Waals surface area contributed by atoms with E-state index in [4.69, 9.17) is 0 Å². The van der Waals surface area contributed by atoms with Crippen LogP contribution in [0.15, 0.2) is 12.3 Å². The molecule has 2 heterocycles. The van der Waals surface area contributed by atoms with E-state index in [1.54, 1.807) is 0 Å². The van der Waals surface area contributed by atoms with Crippen LogP contribution in [-0.4, -0.2) is 42.0 Å². The summed E-state index contributed by atoms with van der Waals surface area (Å²) < 4.78 is 26.1. The summed E-state index contributed by atoms with van der Waals surface area (Å²) in [6.45, 7) is 3.22. The van der Waals surface area contributed by atoms with E-state index >= 15 is 0 Å². The Morgan fingerprint density at radius 2 is 2.11 bits per heavy atom. The van der Waals surface area contributed by atoms with Gasteiger partial charge in [0.15, 0.2) is 0 Å². The van der Waals surface area contributed by atoms with Crippen molar-refractivity contribution in [3.05, 3.63) is 29.6 Å². The van der Waals surface area contributed by atoms with Gasteiger partial charge in [0.25, 0.3) is 5.91 Å². The van der Waals surface area contributed by atoms with Crippen LogP contribution in [0.25, 0.3) is 0 Å². The Labute approximate surface area is 104 Å². The van der Waals surface area contributed by atoms with Crippen molar-refractivity contribution in [3.63, 3.8) is 0 Å². The van der Waals surface area contributed by atoms with Crippen LogP contribution in [0, 0.1) is 11.8 Å². The average molecular weight is 255 g/mol. The minimum Gasteiger partial charge on any atom is -0.351 e. The molecule has 98 valence electrons. The van der Waals surface area contributed by atoms with E-state index in [0.717, 1.165) is 31.9 Å². The van der Waals surface area contributed by atoms with Gasteiger partial charge >= 0.3 is 0 Å². The second-order valence-electron chi connectivity index (χ2n) is 4.30. The molecule has 2 rings (SSSR count). The van der Waals surface area contributed by atoms with Gasteiger partial charge in [-0.3, -0.25) is 4.79 Å². The Kier molecular flexibility index (Phi) is 4.19. The summed E-state index contributed by atoms with van der Waals surface area (Å²) in [5, 5.41) is 2.57. The predicted molar refractivity (Wildman–Crippen MR) is 62.2 cm³/mol. The lowest BCUT2D eigenvalue weighted by molar-refractivity contribution is 0.0944. The molecule has 0 bridgehead atoms. The summed E-state index contributed by atoms with van der Waals surface area (Å²) in [4.78, 5) is 17.0. The van der Waals surface area contributed by atoms with Gasteiger partial charge in [0, 0.05) is 13.1 Å². The lowest BCUT2D eigenvalue weighted by atomic mass is 10.2. The van der Waals surface area contributed by atoms with E-state index in [2.05, 4.69) is 15.2 Å². The minimum absolute atomic E-state index is 0.351. The fraction of sp³-hybridized carbons (Fsp3) is 0.500. The molecule has 1 aromatic rings. The number of hydrogen-bond donors (Lipinski definition) is 1. The zero-order valence-electron chi connectivity index (χ0n) is 9.96. The number of nitrogens with one attached hydrogen (secondary N) is 1. The van der Waals surface area contributed by atoms with Gasteiger partial charge in [0.2, 0.25) is 5.95 Å². The largest absolute Gasteiger partial charge is 0.351 e. The van der Waals surface area contributed by atoms with E-state index in [1.807, 2.05) is 0 Å². The summed E-state index contributed by atoms with van der Waals surface area (Å²) in [6.07, 6.45) is 3.10. The molecule has 1 aliphatic rings. The first kappa shape index (κ1) is 12.9. The Morgan fingerprint density at radius 1 is 1.39 bits per heavy atom. The maximum atomic E-state index is 13.2. The Hall–Kier alpha value is -1.56. The highest BCUT2D eigenvalue weighted by molar-refractivity contribution is 5.94. The van der Waals surface area contributed by atoms with Crippen molar-refractivity contribution in [2.75, 3.05) is 26.2 Å². The highest BCUT2D eigenvalue weighted by Crippen LogP contribution is 2.07. The van der Waals surface area contributed by atoms with E-state index in [0.29, 0.717) is 6.54 Å². The Morgan fingerprint density at radius 3 is 2.83 bits per heavy atom. The van der Waals surface area contributed by atoms with Gasteiger partial charge in [-0.05, 0) is 32.0 Å². The summed E-state index contributed by atoms with van der Waals surface area (Å²) in [5.74, 6) is -2.30. The molecule has 4 nitrogen and oxygen atoms in total. The van der Waals surface area contributed by atoms with Crippen molar-refractivity contribution >= 4 is 5.91 Å². The second kappa shape index (κ2) is 5.86. The van der Waals surface area contributed by atoms with E-state index in [-0.39, 0.29) is 5.56 Å². The molecule has 1 fully saturated rings. The van der Waals surface area contributed by atoms with Crippen LogP contribution < -0.4 is 5.32 Å². The number of aromatic nitrogens is 1. The maximum Gasteiger partial charge on any atom is 0.256 e. The Bertz CT molecular complexity index is 433. The average Bonchev–Trinajstić information content (AvgIpc) is 2.85. The molecule has 0 aliphatic carbocycles. The molecular formula is C12H15F2N3O. The van der Waals surface area contributed by atoms with Crippen LogP contribution in [-0.2, 0) is 0 Å². The predicted octanol–water partition coefficient (Wildman–Crippen LogP) is 1.19. The number of hydrogen-bond acceptors (Lipinski definition) is 3. The van der Waals surface area contributed by atoms with Gasteiger partial charge in [-0.25, -0.2) is 9.37 Å². The SMILES string of the molecule is O=C(NCCN1CCCC1)c1cc(F)cnc1F. The number of amides is 1. The van der Waals surface area contributed by atoms with Gasteiger partial charge in [0.05, 0.1) is 11.8 Å². The van der Waals surface area contributed by atoms with Crippen molar-refractivity contribution in [1.29, 1.82) is 0 Å². The number of carbonyl (C=O) groups excluding carboxylic acids is 1. The number of likely N-dealkylation sites (tertiary alicyclic amines) is 1. The molecule has 0 saturated carbocycles. The quantitative estimate of drug-likeness (QED) is 0.822. The molecule has 1 aromatic heterocycles. The van der Waals surface area contributed by atoms with Crippen molar-refractivity contribution in [3.8, 4) is 0 Å². The van der Waals surface area contributed by atoms with Crippen LogP contribution in [0.2, 0.25) is 0 Å². The third-order valence-corrected chi connectivity index (χ3v) is 2.96. The van der Waals surface area contributed by atoms with Gasteiger partial charge in [-0.1, -0.05) is 0 Å².